The first-order valence-corrected chi connectivity index (χ1v) is 6.81. The van der Waals surface area contributed by atoms with E-state index in [2.05, 4.69) is 45.0 Å². The van der Waals surface area contributed by atoms with Gasteiger partial charge in [0.25, 0.3) is 0 Å². The summed E-state index contributed by atoms with van der Waals surface area (Å²) in [5, 5.41) is 0.163. The summed E-state index contributed by atoms with van der Waals surface area (Å²) < 4.78 is 6.31. The van der Waals surface area contributed by atoms with Gasteiger partial charge in [-0.2, -0.15) is 4.98 Å². The molecule has 1 aromatic heterocycles. The average Bonchev–Trinajstić information content (AvgIpc) is 2.37. The Bertz CT molecular complexity index is 531. The van der Waals surface area contributed by atoms with Gasteiger partial charge >= 0.3 is 0 Å². The van der Waals surface area contributed by atoms with Gasteiger partial charge in [-0.05, 0) is 51.6 Å². The van der Waals surface area contributed by atoms with Crippen molar-refractivity contribution in [3.8, 4) is 11.6 Å². The number of ether oxygens (including phenoxy) is 1. The van der Waals surface area contributed by atoms with Gasteiger partial charge in [-0.25, -0.2) is 4.98 Å². The van der Waals surface area contributed by atoms with Crippen molar-refractivity contribution in [1.82, 2.24) is 9.97 Å². The summed E-state index contributed by atoms with van der Waals surface area (Å²) in [5.41, 5.74) is 1.30. The maximum atomic E-state index is 5.73. The summed E-state index contributed by atoms with van der Waals surface area (Å²) in [7, 11) is 0. The zero-order valence-corrected chi connectivity index (χ0v) is 12.2. The highest BCUT2D eigenvalue weighted by molar-refractivity contribution is 9.10. The Kier molecular flexibility index (Phi) is 4.55. The van der Waals surface area contributed by atoms with Crippen LogP contribution in [-0.2, 0) is 6.42 Å². The van der Waals surface area contributed by atoms with Gasteiger partial charge in [-0.1, -0.05) is 25.5 Å². The number of halogens is 2. The second-order valence-corrected chi connectivity index (χ2v) is 4.98. The van der Waals surface area contributed by atoms with Crippen LogP contribution in [-0.4, -0.2) is 9.97 Å². The molecule has 2 rings (SSSR count). The molecule has 0 unspecified atom stereocenters. The first-order chi connectivity index (χ1) is 8.69. The SMILES string of the molecule is CCCc1ccc(Oc2nc(Cl)ncc2Br)cc1. The van der Waals surface area contributed by atoms with E-state index in [1.807, 2.05) is 12.1 Å². The molecule has 18 heavy (non-hydrogen) atoms. The molecule has 0 aliphatic heterocycles. The lowest BCUT2D eigenvalue weighted by molar-refractivity contribution is 0.458. The fourth-order valence-electron chi connectivity index (χ4n) is 1.53. The monoisotopic (exact) mass is 326 g/mol. The highest BCUT2D eigenvalue weighted by atomic mass is 79.9. The van der Waals surface area contributed by atoms with Crippen molar-refractivity contribution in [1.29, 1.82) is 0 Å². The molecule has 0 aliphatic rings. The fraction of sp³-hybridized carbons (Fsp3) is 0.231. The van der Waals surface area contributed by atoms with Crippen LogP contribution in [0.5, 0.6) is 11.6 Å². The van der Waals surface area contributed by atoms with Gasteiger partial charge in [0.1, 0.15) is 5.75 Å². The molecule has 1 heterocycles. The Morgan fingerprint density at radius 2 is 2.00 bits per heavy atom. The van der Waals surface area contributed by atoms with Crippen LogP contribution in [0.3, 0.4) is 0 Å². The predicted molar refractivity (Wildman–Crippen MR) is 75.3 cm³/mol. The third-order valence-electron chi connectivity index (χ3n) is 2.36. The summed E-state index contributed by atoms with van der Waals surface area (Å²) in [5.74, 6) is 1.14. The first-order valence-electron chi connectivity index (χ1n) is 5.64. The lowest BCUT2D eigenvalue weighted by Gasteiger charge is -2.07. The minimum Gasteiger partial charge on any atom is -0.438 e. The molecule has 94 valence electrons. The van der Waals surface area contributed by atoms with Gasteiger partial charge in [-0.3, -0.25) is 0 Å². The van der Waals surface area contributed by atoms with Crippen molar-refractivity contribution in [2.75, 3.05) is 0 Å². The maximum absolute atomic E-state index is 5.73. The van der Waals surface area contributed by atoms with Crippen LogP contribution < -0.4 is 4.74 Å². The Labute approximate surface area is 119 Å². The molecule has 5 heteroatoms. The summed E-state index contributed by atoms with van der Waals surface area (Å²) in [6.07, 6.45) is 3.77. The molecule has 0 atom stereocenters. The Morgan fingerprint density at radius 3 is 2.67 bits per heavy atom. The summed E-state index contributed by atoms with van der Waals surface area (Å²) in [6.45, 7) is 2.16. The lowest BCUT2D eigenvalue weighted by atomic mass is 10.1. The van der Waals surface area contributed by atoms with Crippen LogP contribution in [0.4, 0.5) is 0 Å². The van der Waals surface area contributed by atoms with E-state index in [9.17, 15) is 0 Å². The zero-order chi connectivity index (χ0) is 13.0. The molecule has 0 saturated heterocycles. The minimum atomic E-state index is 0.163. The van der Waals surface area contributed by atoms with Gasteiger partial charge in [0.05, 0.1) is 4.47 Å². The molecule has 0 amide bonds. The van der Waals surface area contributed by atoms with Crippen molar-refractivity contribution in [2.45, 2.75) is 19.8 Å². The lowest BCUT2D eigenvalue weighted by Crippen LogP contribution is -1.92. The largest absolute Gasteiger partial charge is 0.438 e. The second-order valence-electron chi connectivity index (χ2n) is 3.79. The van der Waals surface area contributed by atoms with Gasteiger partial charge < -0.3 is 4.74 Å². The number of hydrogen-bond acceptors (Lipinski definition) is 3. The van der Waals surface area contributed by atoms with E-state index in [0.29, 0.717) is 10.4 Å². The highest BCUT2D eigenvalue weighted by Crippen LogP contribution is 2.28. The molecule has 0 aliphatic carbocycles. The van der Waals surface area contributed by atoms with E-state index in [0.717, 1.165) is 18.6 Å². The molecule has 0 radical (unpaired) electrons. The van der Waals surface area contributed by atoms with Crippen molar-refractivity contribution in [3.63, 3.8) is 0 Å². The van der Waals surface area contributed by atoms with Crippen LogP contribution in [0.2, 0.25) is 5.28 Å². The Morgan fingerprint density at radius 1 is 1.28 bits per heavy atom. The van der Waals surface area contributed by atoms with E-state index < -0.39 is 0 Å². The van der Waals surface area contributed by atoms with Crippen LogP contribution in [0, 0.1) is 0 Å². The van der Waals surface area contributed by atoms with E-state index in [4.69, 9.17) is 16.3 Å². The summed E-state index contributed by atoms with van der Waals surface area (Å²) in [6, 6.07) is 7.95. The van der Waals surface area contributed by atoms with Crippen LogP contribution in [0.25, 0.3) is 0 Å². The van der Waals surface area contributed by atoms with E-state index in [1.54, 1.807) is 6.20 Å². The topological polar surface area (TPSA) is 35.0 Å². The fourth-order valence-corrected chi connectivity index (χ4v) is 1.92. The number of aryl methyl sites for hydroxylation is 1. The number of nitrogens with zero attached hydrogens (tertiary/aromatic N) is 2. The molecule has 2 aromatic rings. The molecular weight excluding hydrogens is 316 g/mol. The van der Waals surface area contributed by atoms with Gasteiger partial charge in [0.15, 0.2) is 0 Å². The minimum absolute atomic E-state index is 0.163. The molecule has 0 fully saturated rings. The molecule has 0 saturated carbocycles. The third-order valence-corrected chi connectivity index (χ3v) is 3.09. The van der Waals surface area contributed by atoms with E-state index in [1.165, 1.54) is 5.56 Å². The maximum Gasteiger partial charge on any atom is 0.237 e. The molecule has 3 nitrogen and oxygen atoms in total. The average molecular weight is 328 g/mol. The van der Waals surface area contributed by atoms with Crippen LogP contribution in [0.1, 0.15) is 18.9 Å². The standard InChI is InChI=1S/C13H12BrClN2O/c1-2-3-9-4-6-10(7-5-9)18-12-11(14)8-16-13(15)17-12/h4-8H,2-3H2,1H3. The highest BCUT2D eigenvalue weighted by Gasteiger charge is 2.06. The number of benzene rings is 1. The molecule has 1 aromatic carbocycles. The predicted octanol–water partition coefficient (Wildman–Crippen LogP) is 4.64. The zero-order valence-electron chi connectivity index (χ0n) is 9.86. The van der Waals surface area contributed by atoms with E-state index in [-0.39, 0.29) is 5.28 Å². The molecular formula is C13H12BrClN2O. The number of rotatable bonds is 4. The van der Waals surface area contributed by atoms with Crippen molar-refractivity contribution in [2.24, 2.45) is 0 Å². The first kappa shape index (κ1) is 13.3. The number of aromatic nitrogens is 2. The smallest absolute Gasteiger partial charge is 0.237 e. The van der Waals surface area contributed by atoms with Crippen molar-refractivity contribution in [3.05, 3.63) is 45.8 Å². The molecule has 0 N–H and O–H groups in total. The van der Waals surface area contributed by atoms with Gasteiger partial charge in [0, 0.05) is 6.20 Å². The van der Waals surface area contributed by atoms with Crippen LogP contribution >= 0.6 is 27.5 Å². The Hall–Kier alpha value is -1.13. The second kappa shape index (κ2) is 6.16. The summed E-state index contributed by atoms with van der Waals surface area (Å²) >= 11 is 9.05. The Balaban J connectivity index is 2.15. The third kappa shape index (κ3) is 3.43. The normalized spacial score (nSPS) is 10.4. The van der Waals surface area contributed by atoms with Crippen molar-refractivity contribution >= 4 is 27.5 Å². The summed E-state index contributed by atoms with van der Waals surface area (Å²) in [4.78, 5) is 7.86. The van der Waals surface area contributed by atoms with Gasteiger partial charge in [-0.15, -0.1) is 0 Å². The van der Waals surface area contributed by atoms with Crippen molar-refractivity contribution < 1.29 is 4.74 Å². The molecule has 0 bridgehead atoms. The number of hydrogen-bond donors (Lipinski definition) is 0. The van der Waals surface area contributed by atoms with Crippen LogP contribution in [0.15, 0.2) is 34.9 Å². The molecule has 0 spiro atoms. The van der Waals surface area contributed by atoms with Gasteiger partial charge in [0.2, 0.25) is 11.2 Å². The van der Waals surface area contributed by atoms with E-state index >= 15 is 0 Å². The quantitative estimate of drug-likeness (QED) is 0.767.